The topological polar surface area (TPSA) is 116 Å². The summed E-state index contributed by atoms with van der Waals surface area (Å²) in [5, 5.41) is 11.5. The molecule has 0 radical (unpaired) electrons. The molecule has 0 unspecified atom stereocenters. The number of hydrogen-bond donors (Lipinski definition) is 2. The number of thiophene rings is 1. The number of nitrogens with zero attached hydrogens (tertiary/aromatic N) is 5. The van der Waals surface area contributed by atoms with Crippen molar-refractivity contribution < 1.29 is 14.3 Å². The largest absolute Gasteiger partial charge is 0.491 e. The zero-order chi connectivity index (χ0) is 22.1. The number of hydrogen-bond acceptors (Lipinski definition) is 9. The Labute approximate surface area is 188 Å². The molecule has 0 saturated carbocycles. The minimum absolute atomic E-state index is 0.0391. The Kier molecular flexibility index (Phi) is 5.58. The molecule has 5 rings (SSSR count). The number of ether oxygens (including phenoxy) is 2. The molecule has 32 heavy (non-hydrogen) atoms. The molecule has 0 saturated heterocycles. The van der Waals surface area contributed by atoms with Crippen molar-refractivity contribution >= 4 is 44.7 Å². The molecule has 4 aromatic heterocycles. The summed E-state index contributed by atoms with van der Waals surface area (Å²) in [6.45, 7) is 1.04. The van der Waals surface area contributed by atoms with Gasteiger partial charge in [0, 0.05) is 30.5 Å². The quantitative estimate of drug-likeness (QED) is 0.410. The van der Waals surface area contributed by atoms with Gasteiger partial charge in [0.2, 0.25) is 5.91 Å². The first-order chi connectivity index (χ1) is 15.7. The molecular formula is C21H23N7O3S. The number of aryl methyl sites for hydroxylation is 1. The van der Waals surface area contributed by atoms with Gasteiger partial charge in [0.1, 0.15) is 17.0 Å². The molecule has 1 atom stereocenters. The van der Waals surface area contributed by atoms with Crippen LogP contribution in [-0.2, 0) is 22.4 Å². The van der Waals surface area contributed by atoms with Gasteiger partial charge in [0.15, 0.2) is 17.2 Å². The predicted octanol–water partition coefficient (Wildman–Crippen LogP) is 2.35. The van der Waals surface area contributed by atoms with Gasteiger partial charge in [0.25, 0.3) is 0 Å². The highest BCUT2D eigenvalue weighted by Gasteiger charge is 2.29. The third-order valence-corrected chi connectivity index (χ3v) is 6.79. The third kappa shape index (κ3) is 3.73. The lowest BCUT2D eigenvalue weighted by Gasteiger charge is -2.21. The van der Waals surface area contributed by atoms with E-state index in [-0.39, 0.29) is 11.8 Å². The zero-order valence-electron chi connectivity index (χ0n) is 17.8. The maximum absolute atomic E-state index is 12.5. The summed E-state index contributed by atoms with van der Waals surface area (Å²) >= 11 is 1.63. The SMILES string of the molecule is COCCNC(=O)[C@H]1CCc2c(sc3ncnc(Nc4nc5ccnn5cc4OC)c23)C1. The highest BCUT2D eigenvalue weighted by atomic mass is 32.1. The molecule has 4 aromatic rings. The lowest BCUT2D eigenvalue weighted by atomic mass is 9.87. The van der Waals surface area contributed by atoms with Crippen molar-refractivity contribution in [1.82, 2.24) is 29.9 Å². The molecule has 0 aromatic carbocycles. The number of aromatic nitrogens is 5. The number of amides is 1. The van der Waals surface area contributed by atoms with Gasteiger partial charge >= 0.3 is 0 Å². The molecule has 0 aliphatic heterocycles. The Bertz CT molecular complexity index is 1290. The van der Waals surface area contributed by atoms with E-state index in [1.54, 1.807) is 48.8 Å². The van der Waals surface area contributed by atoms with Crippen LogP contribution in [0.5, 0.6) is 5.75 Å². The number of carbonyl (C=O) groups is 1. The normalized spacial score (nSPS) is 15.6. The minimum atomic E-state index is -0.0391. The summed E-state index contributed by atoms with van der Waals surface area (Å²) in [4.78, 5) is 28.2. The summed E-state index contributed by atoms with van der Waals surface area (Å²) in [5.74, 6) is 1.85. The maximum atomic E-state index is 12.5. The Morgan fingerprint density at radius 1 is 1.31 bits per heavy atom. The highest BCUT2D eigenvalue weighted by Crippen LogP contribution is 2.41. The van der Waals surface area contributed by atoms with Crippen LogP contribution in [-0.4, -0.2) is 57.8 Å². The average Bonchev–Trinajstić information content (AvgIpc) is 3.42. The van der Waals surface area contributed by atoms with Crippen LogP contribution in [0.15, 0.2) is 24.8 Å². The molecule has 166 valence electrons. The van der Waals surface area contributed by atoms with Crippen molar-refractivity contribution in [1.29, 1.82) is 0 Å². The second-order valence-corrected chi connectivity index (χ2v) is 8.63. The number of methoxy groups -OCH3 is 2. The van der Waals surface area contributed by atoms with E-state index in [2.05, 4.69) is 30.7 Å². The molecule has 1 amide bonds. The summed E-state index contributed by atoms with van der Waals surface area (Å²) < 4.78 is 12.2. The highest BCUT2D eigenvalue weighted by molar-refractivity contribution is 7.19. The maximum Gasteiger partial charge on any atom is 0.223 e. The summed E-state index contributed by atoms with van der Waals surface area (Å²) in [6.07, 6.45) is 7.30. The van der Waals surface area contributed by atoms with E-state index in [4.69, 9.17) is 9.47 Å². The first-order valence-electron chi connectivity index (χ1n) is 10.3. The summed E-state index contributed by atoms with van der Waals surface area (Å²) in [5.41, 5.74) is 1.91. The van der Waals surface area contributed by atoms with E-state index >= 15 is 0 Å². The van der Waals surface area contributed by atoms with Crippen LogP contribution in [0, 0.1) is 5.92 Å². The summed E-state index contributed by atoms with van der Waals surface area (Å²) in [6, 6.07) is 1.82. The van der Waals surface area contributed by atoms with Crippen LogP contribution in [0.25, 0.3) is 15.9 Å². The van der Waals surface area contributed by atoms with Crippen molar-refractivity contribution in [3.63, 3.8) is 0 Å². The molecule has 2 N–H and O–H groups in total. The Morgan fingerprint density at radius 2 is 2.22 bits per heavy atom. The zero-order valence-corrected chi connectivity index (χ0v) is 18.6. The second-order valence-electron chi connectivity index (χ2n) is 7.55. The van der Waals surface area contributed by atoms with Gasteiger partial charge < -0.3 is 20.1 Å². The monoisotopic (exact) mass is 453 g/mol. The Morgan fingerprint density at radius 3 is 3.06 bits per heavy atom. The fourth-order valence-corrected chi connectivity index (χ4v) is 5.30. The van der Waals surface area contributed by atoms with E-state index < -0.39 is 0 Å². The standard InChI is InChI=1S/C21H23N7O3S/c1-30-8-7-22-20(29)12-3-4-13-15(9-12)32-21-17(13)19(23-11-24-21)27-18-14(31-2)10-28-16(26-18)5-6-25-28/h5-6,10-12H,3-4,7-9H2,1-2H3,(H,22,29)(H,23,24,26,27)/t12-/m0/s1. The third-order valence-electron chi connectivity index (χ3n) is 5.63. The van der Waals surface area contributed by atoms with Crippen LogP contribution < -0.4 is 15.4 Å². The van der Waals surface area contributed by atoms with E-state index in [0.29, 0.717) is 42.6 Å². The molecule has 11 heteroatoms. The molecule has 10 nitrogen and oxygen atoms in total. The number of fused-ring (bicyclic) bond motifs is 4. The van der Waals surface area contributed by atoms with Crippen LogP contribution in [0.1, 0.15) is 16.9 Å². The van der Waals surface area contributed by atoms with Crippen LogP contribution in [0.2, 0.25) is 0 Å². The van der Waals surface area contributed by atoms with Crippen molar-refractivity contribution in [2.24, 2.45) is 5.92 Å². The van der Waals surface area contributed by atoms with Gasteiger partial charge in [-0.05, 0) is 24.8 Å². The predicted molar refractivity (Wildman–Crippen MR) is 121 cm³/mol. The van der Waals surface area contributed by atoms with E-state index in [1.807, 2.05) is 6.07 Å². The van der Waals surface area contributed by atoms with Crippen LogP contribution in [0.4, 0.5) is 11.6 Å². The fraction of sp³-hybridized carbons (Fsp3) is 0.381. The van der Waals surface area contributed by atoms with Crippen molar-refractivity contribution in [2.75, 3.05) is 32.7 Å². The van der Waals surface area contributed by atoms with Gasteiger partial charge in [-0.2, -0.15) is 5.10 Å². The van der Waals surface area contributed by atoms with Gasteiger partial charge in [-0.3, -0.25) is 4.79 Å². The molecule has 1 aliphatic carbocycles. The molecular weight excluding hydrogens is 430 g/mol. The van der Waals surface area contributed by atoms with Gasteiger partial charge in [-0.1, -0.05) is 0 Å². The molecule has 0 bridgehead atoms. The van der Waals surface area contributed by atoms with Crippen molar-refractivity contribution in [3.05, 3.63) is 35.2 Å². The number of nitrogens with one attached hydrogen (secondary N) is 2. The average molecular weight is 454 g/mol. The van der Waals surface area contributed by atoms with Crippen molar-refractivity contribution in [2.45, 2.75) is 19.3 Å². The van der Waals surface area contributed by atoms with E-state index in [1.165, 1.54) is 10.4 Å². The lowest BCUT2D eigenvalue weighted by molar-refractivity contribution is -0.125. The minimum Gasteiger partial charge on any atom is -0.491 e. The smallest absolute Gasteiger partial charge is 0.223 e. The van der Waals surface area contributed by atoms with Crippen LogP contribution >= 0.6 is 11.3 Å². The Hall–Kier alpha value is -3.31. The number of anilines is 2. The molecule has 0 spiro atoms. The van der Waals surface area contributed by atoms with Crippen LogP contribution in [0.3, 0.4) is 0 Å². The molecule has 1 aliphatic rings. The Balaban J connectivity index is 1.45. The van der Waals surface area contributed by atoms with Gasteiger partial charge in [-0.15, -0.1) is 11.3 Å². The number of carbonyl (C=O) groups excluding carboxylic acids is 1. The molecule has 0 fully saturated rings. The van der Waals surface area contributed by atoms with Crippen molar-refractivity contribution in [3.8, 4) is 5.75 Å². The first-order valence-corrected chi connectivity index (χ1v) is 11.2. The number of rotatable bonds is 7. The van der Waals surface area contributed by atoms with E-state index in [9.17, 15) is 4.79 Å². The second kappa shape index (κ2) is 8.67. The first kappa shape index (κ1) is 20.6. The fourth-order valence-electron chi connectivity index (χ4n) is 4.04. The summed E-state index contributed by atoms with van der Waals surface area (Å²) in [7, 11) is 3.22. The van der Waals surface area contributed by atoms with Gasteiger partial charge in [-0.25, -0.2) is 19.5 Å². The van der Waals surface area contributed by atoms with Gasteiger partial charge in [0.05, 0.1) is 31.5 Å². The molecule has 4 heterocycles. The van der Waals surface area contributed by atoms with E-state index in [0.717, 1.165) is 23.1 Å². The lowest BCUT2D eigenvalue weighted by Crippen LogP contribution is -2.35.